The van der Waals surface area contributed by atoms with Crippen LogP contribution in [0.3, 0.4) is 0 Å². The Labute approximate surface area is 169 Å². The highest BCUT2D eigenvalue weighted by Gasteiger charge is 2.33. The Morgan fingerprint density at radius 3 is 2.54 bits per heavy atom. The lowest BCUT2D eigenvalue weighted by atomic mass is 9.97. The molecule has 0 bridgehead atoms. The van der Waals surface area contributed by atoms with Crippen molar-refractivity contribution in [1.29, 1.82) is 5.26 Å². The number of carbonyl (C=O) groups excluding carboxylic acids is 1. The molecule has 6 nitrogen and oxygen atoms in total. The number of amides is 1. The standard InChI is InChI=1S/C20H20ClN3O3S/c1-14-17(21)6-4-7-18(14)23-20(25)15-9-11-24(12-10-15)28(26,27)19-8-3-2-5-16(19)13-22/h2-8,15H,9-12H2,1H3,(H,23,25). The zero-order chi connectivity index (χ0) is 20.3. The molecule has 0 unspecified atom stereocenters. The van der Waals surface area contributed by atoms with Crippen LogP contribution >= 0.6 is 11.6 Å². The smallest absolute Gasteiger partial charge is 0.244 e. The average Bonchev–Trinajstić information content (AvgIpc) is 2.71. The fourth-order valence-electron chi connectivity index (χ4n) is 3.26. The first-order chi connectivity index (χ1) is 13.3. The third kappa shape index (κ3) is 4.04. The Bertz CT molecular complexity index is 1040. The summed E-state index contributed by atoms with van der Waals surface area (Å²) in [6.45, 7) is 2.29. The van der Waals surface area contributed by atoms with Gasteiger partial charge in [-0.05, 0) is 49.6 Å². The molecule has 1 aliphatic rings. The SMILES string of the molecule is Cc1c(Cl)cccc1NC(=O)C1CCN(S(=O)(=O)c2ccccc2C#N)CC1. The van der Waals surface area contributed by atoms with Gasteiger partial charge in [0.1, 0.15) is 6.07 Å². The van der Waals surface area contributed by atoms with Crippen LogP contribution in [0, 0.1) is 24.2 Å². The minimum Gasteiger partial charge on any atom is -0.326 e. The van der Waals surface area contributed by atoms with E-state index in [9.17, 15) is 18.5 Å². The van der Waals surface area contributed by atoms with Crippen LogP contribution in [0.4, 0.5) is 5.69 Å². The van der Waals surface area contributed by atoms with Gasteiger partial charge < -0.3 is 5.32 Å². The zero-order valence-corrected chi connectivity index (χ0v) is 16.9. The molecule has 1 amide bonds. The van der Waals surface area contributed by atoms with E-state index in [1.165, 1.54) is 16.4 Å². The number of rotatable bonds is 4. The lowest BCUT2D eigenvalue weighted by Gasteiger charge is -2.30. The van der Waals surface area contributed by atoms with Gasteiger partial charge in [-0.25, -0.2) is 8.42 Å². The molecule has 1 heterocycles. The molecule has 0 radical (unpaired) electrons. The molecule has 1 aliphatic heterocycles. The van der Waals surface area contributed by atoms with Gasteiger partial charge in [-0.3, -0.25) is 4.79 Å². The molecule has 1 N–H and O–H groups in total. The van der Waals surface area contributed by atoms with E-state index in [1.807, 2.05) is 13.0 Å². The summed E-state index contributed by atoms with van der Waals surface area (Å²) in [4.78, 5) is 12.6. The molecule has 0 aliphatic carbocycles. The molecule has 146 valence electrons. The number of nitrogens with one attached hydrogen (secondary N) is 1. The molecule has 0 atom stereocenters. The minimum absolute atomic E-state index is 0.00922. The van der Waals surface area contributed by atoms with Crippen molar-refractivity contribution in [2.24, 2.45) is 5.92 Å². The Balaban J connectivity index is 1.68. The summed E-state index contributed by atoms with van der Waals surface area (Å²) in [5.41, 5.74) is 1.58. The van der Waals surface area contributed by atoms with Gasteiger partial charge in [0.2, 0.25) is 15.9 Å². The van der Waals surface area contributed by atoms with Crippen LogP contribution < -0.4 is 5.32 Å². The highest BCUT2D eigenvalue weighted by Crippen LogP contribution is 2.28. The molecule has 28 heavy (non-hydrogen) atoms. The second-order valence-corrected chi connectivity index (χ2v) is 9.00. The molecular formula is C20H20ClN3O3S. The molecule has 2 aromatic carbocycles. The number of piperidine rings is 1. The normalized spacial score (nSPS) is 15.8. The summed E-state index contributed by atoms with van der Waals surface area (Å²) in [5, 5.41) is 12.7. The van der Waals surface area contributed by atoms with Gasteiger partial charge in [-0.2, -0.15) is 9.57 Å². The highest BCUT2D eigenvalue weighted by atomic mass is 35.5. The predicted octanol–water partition coefficient (Wildman–Crippen LogP) is 3.56. The minimum atomic E-state index is -3.76. The third-order valence-electron chi connectivity index (χ3n) is 4.98. The second-order valence-electron chi connectivity index (χ2n) is 6.69. The maximum atomic E-state index is 12.9. The summed E-state index contributed by atoms with van der Waals surface area (Å²) in [5.74, 6) is -0.420. The lowest BCUT2D eigenvalue weighted by Crippen LogP contribution is -2.41. The second kappa shape index (κ2) is 8.31. The summed E-state index contributed by atoms with van der Waals surface area (Å²) >= 11 is 6.09. The number of hydrogen-bond acceptors (Lipinski definition) is 4. The van der Waals surface area contributed by atoms with E-state index < -0.39 is 10.0 Å². The molecule has 8 heteroatoms. The zero-order valence-electron chi connectivity index (χ0n) is 15.4. The fourth-order valence-corrected chi connectivity index (χ4v) is 5.05. The van der Waals surface area contributed by atoms with Gasteiger partial charge in [-0.15, -0.1) is 0 Å². The molecule has 0 spiro atoms. The monoisotopic (exact) mass is 417 g/mol. The molecule has 1 saturated heterocycles. The topological polar surface area (TPSA) is 90.3 Å². The first kappa shape index (κ1) is 20.3. The van der Waals surface area contributed by atoms with Gasteiger partial charge in [0.15, 0.2) is 0 Å². The first-order valence-corrected chi connectivity index (χ1v) is 10.7. The van der Waals surface area contributed by atoms with Crippen molar-refractivity contribution in [3.63, 3.8) is 0 Å². The van der Waals surface area contributed by atoms with Crippen molar-refractivity contribution in [1.82, 2.24) is 4.31 Å². The van der Waals surface area contributed by atoms with Crippen LogP contribution in [0.5, 0.6) is 0 Å². The van der Waals surface area contributed by atoms with Crippen molar-refractivity contribution in [2.75, 3.05) is 18.4 Å². The van der Waals surface area contributed by atoms with Crippen LogP contribution in [-0.2, 0) is 14.8 Å². The summed E-state index contributed by atoms with van der Waals surface area (Å²) < 4.78 is 27.1. The highest BCUT2D eigenvalue weighted by molar-refractivity contribution is 7.89. The molecule has 2 aromatic rings. The van der Waals surface area contributed by atoms with Gasteiger partial charge >= 0.3 is 0 Å². The van der Waals surface area contributed by atoms with E-state index in [0.717, 1.165) is 5.56 Å². The van der Waals surface area contributed by atoms with Crippen LogP contribution in [0.25, 0.3) is 0 Å². The number of hydrogen-bond donors (Lipinski definition) is 1. The molecule has 0 saturated carbocycles. The van der Waals surface area contributed by atoms with Crippen LogP contribution in [0.1, 0.15) is 24.0 Å². The van der Waals surface area contributed by atoms with Crippen molar-refractivity contribution in [3.8, 4) is 6.07 Å². The van der Waals surface area contributed by atoms with Crippen LogP contribution in [-0.4, -0.2) is 31.7 Å². The molecule has 0 aromatic heterocycles. The van der Waals surface area contributed by atoms with E-state index in [4.69, 9.17) is 11.6 Å². The Kier molecular flexibility index (Phi) is 6.04. The van der Waals surface area contributed by atoms with Crippen molar-refractivity contribution < 1.29 is 13.2 Å². The van der Waals surface area contributed by atoms with Crippen molar-refractivity contribution in [3.05, 3.63) is 58.6 Å². The quantitative estimate of drug-likeness (QED) is 0.823. The molecular weight excluding hydrogens is 398 g/mol. The van der Waals surface area contributed by atoms with Crippen molar-refractivity contribution in [2.45, 2.75) is 24.7 Å². The Hall–Kier alpha value is -2.40. The van der Waals surface area contributed by atoms with Gasteiger partial charge in [0.25, 0.3) is 0 Å². The van der Waals surface area contributed by atoms with Crippen LogP contribution in [0.15, 0.2) is 47.4 Å². The predicted molar refractivity (Wildman–Crippen MR) is 107 cm³/mol. The van der Waals surface area contributed by atoms with E-state index in [2.05, 4.69) is 5.32 Å². The van der Waals surface area contributed by atoms with E-state index >= 15 is 0 Å². The summed E-state index contributed by atoms with van der Waals surface area (Å²) in [6, 6.07) is 13.4. The number of benzene rings is 2. The van der Waals surface area contributed by atoms with Gasteiger partial charge in [0.05, 0.1) is 10.5 Å². The largest absolute Gasteiger partial charge is 0.326 e. The lowest BCUT2D eigenvalue weighted by molar-refractivity contribution is -0.120. The molecule has 3 rings (SSSR count). The number of sulfonamides is 1. The maximum absolute atomic E-state index is 12.9. The summed E-state index contributed by atoms with van der Waals surface area (Å²) in [7, 11) is -3.76. The number of nitrogens with zero attached hydrogens (tertiary/aromatic N) is 2. The average molecular weight is 418 g/mol. The number of halogens is 1. The summed E-state index contributed by atoms with van der Waals surface area (Å²) in [6.07, 6.45) is 0.832. The maximum Gasteiger partial charge on any atom is 0.244 e. The molecule has 1 fully saturated rings. The number of anilines is 1. The Morgan fingerprint density at radius 2 is 1.86 bits per heavy atom. The number of carbonyl (C=O) groups is 1. The van der Waals surface area contributed by atoms with E-state index in [-0.39, 0.29) is 35.4 Å². The fraction of sp³-hybridized carbons (Fsp3) is 0.300. The Morgan fingerprint density at radius 1 is 1.18 bits per heavy atom. The third-order valence-corrected chi connectivity index (χ3v) is 7.34. The number of nitriles is 1. The van der Waals surface area contributed by atoms with Gasteiger partial charge in [-0.1, -0.05) is 29.8 Å². The van der Waals surface area contributed by atoms with Crippen LogP contribution in [0.2, 0.25) is 5.02 Å². The van der Waals surface area contributed by atoms with E-state index in [1.54, 1.807) is 30.3 Å². The first-order valence-electron chi connectivity index (χ1n) is 8.90. The van der Waals surface area contributed by atoms with E-state index in [0.29, 0.717) is 23.6 Å². The van der Waals surface area contributed by atoms with Crippen molar-refractivity contribution >= 4 is 33.2 Å². The van der Waals surface area contributed by atoms with Gasteiger partial charge in [0, 0.05) is 29.7 Å².